The molecule has 0 radical (unpaired) electrons. The Labute approximate surface area is 177 Å². The van der Waals surface area contributed by atoms with E-state index < -0.39 is 0 Å². The van der Waals surface area contributed by atoms with Crippen molar-refractivity contribution in [3.8, 4) is 0 Å². The van der Waals surface area contributed by atoms with Gasteiger partial charge < -0.3 is 15.0 Å². The highest BCUT2D eigenvalue weighted by molar-refractivity contribution is 6.03. The van der Waals surface area contributed by atoms with Crippen LogP contribution in [-0.2, 0) is 4.74 Å². The summed E-state index contributed by atoms with van der Waals surface area (Å²) in [5.41, 5.74) is 4.94. The normalized spacial score (nSPS) is 24.2. The van der Waals surface area contributed by atoms with E-state index in [1.54, 1.807) is 0 Å². The first kappa shape index (κ1) is 23.2. The average molecular weight is 402 g/mol. The highest BCUT2D eigenvalue weighted by Gasteiger charge is 2.29. The molecule has 5 nitrogen and oxygen atoms in total. The number of hydrogen-bond acceptors (Lipinski definition) is 4. The van der Waals surface area contributed by atoms with Crippen LogP contribution >= 0.6 is 0 Å². The van der Waals surface area contributed by atoms with Gasteiger partial charge in [-0.1, -0.05) is 39.5 Å². The van der Waals surface area contributed by atoms with E-state index in [9.17, 15) is 4.79 Å². The maximum absolute atomic E-state index is 11.8. The second kappa shape index (κ2) is 11.2. The van der Waals surface area contributed by atoms with Gasteiger partial charge in [-0.3, -0.25) is 4.99 Å². The molecule has 1 fully saturated rings. The summed E-state index contributed by atoms with van der Waals surface area (Å²) in [7, 11) is 1.42. The van der Waals surface area contributed by atoms with Crippen LogP contribution in [0.5, 0.6) is 0 Å². The SMILES string of the molecule is C=C/C(=C\C)C1=N/C(=C2\CCCCN2CC(NC(=O)OC)C(C)C)C(CC)CC1. The molecule has 0 saturated carbocycles. The van der Waals surface area contributed by atoms with Crippen molar-refractivity contribution in [3.05, 3.63) is 35.7 Å². The first-order chi connectivity index (χ1) is 13.9. The standard InChI is InChI=1S/C24H39N3O2/c1-7-18(8-2)20-14-13-19(9-3)23(25-20)22-12-10-11-15-27(22)16-21(17(4)5)26-24(28)29-6/h7-8,17,19,21H,1,9-16H2,2-6H3,(H,26,28)/b18-8+,23-22+. The number of methoxy groups -OCH3 is 1. The summed E-state index contributed by atoms with van der Waals surface area (Å²) in [6.45, 7) is 14.4. The molecular weight excluding hydrogens is 362 g/mol. The number of amides is 1. The van der Waals surface area contributed by atoms with Crippen molar-refractivity contribution in [2.75, 3.05) is 20.2 Å². The Morgan fingerprint density at radius 1 is 1.38 bits per heavy atom. The van der Waals surface area contributed by atoms with Gasteiger partial charge >= 0.3 is 6.09 Å². The van der Waals surface area contributed by atoms with Gasteiger partial charge in [0.2, 0.25) is 0 Å². The summed E-state index contributed by atoms with van der Waals surface area (Å²) in [5, 5.41) is 3.02. The molecule has 2 aliphatic heterocycles. The van der Waals surface area contributed by atoms with Crippen LogP contribution < -0.4 is 5.32 Å². The van der Waals surface area contributed by atoms with Crippen molar-refractivity contribution < 1.29 is 9.53 Å². The van der Waals surface area contributed by atoms with Gasteiger partial charge in [-0.2, -0.15) is 0 Å². The zero-order chi connectivity index (χ0) is 21.4. The summed E-state index contributed by atoms with van der Waals surface area (Å²) < 4.78 is 4.84. The topological polar surface area (TPSA) is 53.9 Å². The smallest absolute Gasteiger partial charge is 0.407 e. The molecule has 5 heteroatoms. The molecule has 1 amide bonds. The van der Waals surface area contributed by atoms with Crippen LogP contribution in [-0.4, -0.2) is 42.9 Å². The molecule has 162 valence electrons. The van der Waals surface area contributed by atoms with E-state index in [-0.39, 0.29) is 12.1 Å². The molecule has 1 saturated heterocycles. The summed E-state index contributed by atoms with van der Waals surface area (Å²) in [5.74, 6) is 0.827. The molecule has 0 aromatic heterocycles. The molecule has 1 N–H and O–H groups in total. The van der Waals surface area contributed by atoms with Crippen molar-refractivity contribution >= 4 is 11.8 Å². The Hall–Kier alpha value is -2.04. The minimum absolute atomic E-state index is 0.0440. The van der Waals surface area contributed by atoms with Gasteiger partial charge in [-0.05, 0) is 56.9 Å². The predicted molar refractivity (Wildman–Crippen MR) is 121 cm³/mol. The van der Waals surface area contributed by atoms with Crippen LogP contribution in [0.15, 0.2) is 40.7 Å². The van der Waals surface area contributed by atoms with Crippen LogP contribution in [0.25, 0.3) is 0 Å². The van der Waals surface area contributed by atoms with Gasteiger partial charge in [-0.25, -0.2) is 4.79 Å². The quantitative estimate of drug-likeness (QED) is 0.577. The first-order valence-electron chi connectivity index (χ1n) is 11.1. The lowest BCUT2D eigenvalue weighted by Gasteiger charge is -2.38. The Morgan fingerprint density at radius 2 is 2.14 bits per heavy atom. The van der Waals surface area contributed by atoms with Crippen molar-refractivity contribution in [2.45, 2.75) is 72.3 Å². The van der Waals surface area contributed by atoms with Crippen LogP contribution in [0.1, 0.15) is 66.2 Å². The Balaban J connectivity index is 2.39. The number of carbonyl (C=O) groups is 1. The lowest BCUT2D eigenvalue weighted by molar-refractivity contribution is 0.154. The second-order valence-electron chi connectivity index (χ2n) is 8.37. The molecule has 0 aromatic rings. The maximum Gasteiger partial charge on any atom is 0.407 e. The van der Waals surface area contributed by atoms with Crippen molar-refractivity contribution in [3.63, 3.8) is 0 Å². The molecule has 2 unspecified atom stereocenters. The van der Waals surface area contributed by atoms with E-state index in [1.165, 1.54) is 31.3 Å². The zero-order valence-electron chi connectivity index (χ0n) is 19.0. The van der Waals surface area contributed by atoms with Gasteiger partial charge in [0.15, 0.2) is 0 Å². The molecule has 0 aliphatic carbocycles. The van der Waals surface area contributed by atoms with E-state index in [0.717, 1.165) is 50.1 Å². The van der Waals surface area contributed by atoms with Crippen molar-refractivity contribution in [2.24, 2.45) is 16.8 Å². The maximum atomic E-state index is 11.8. The molecular formula is C24H39N3O2. The Morgan fingerprint density at radius 3 is 2.72 bits per heavy atom. The van der Waals surface area contributed by atoms with Crippen LogP contribution in [0.2, 0.25) is 0 Å². The number of piperidine rings is 1. The molecule has 0 aromatic carbocycles. The van der Waals surface area contributed by atoms with Crippen molar-refractivity contribution in [1.29, 1.82) is 0 Å². The molecule has 0 bridgehead atoms. The monoisotopic (exact) mass is 401 g/mol. The number of allylic oxidation sites excluding steroid dienone is 5. The van der Waals surface area contributed by atoms with Gasteiger partial charge in [0.05, 0.1) is 18.8 Å². The number of aliphatic imine (C=N–C) groups is 1. The number of alkyl carbamates (subject to hydrolysis) is 1. The number of hydrogen-bond donors (Lipinski definition) is 1. The van der Waals surface area contributed by atoms with E-state index in [1.807, 2.05) is 6.08 Å². The summed E-state index contributed by atoms with van der Waals surface area (Å²) in [6, 6.07) is 0.0440. The van der Waals surface area contributed by atoms with E-state index in [0.29, 0.717) is 11.8 Å². The number of ether oxygens (including phenoxy) is 1. The minimum atomic E-state index is -0.358. The van der Waals surface area contributed by atoms with Crippen LogP contribution in [0.3, 0.4) is 0 Å². The first-order valence-corrected chi connectivity index (χ1v) is 11.1. The summed E-state index contributed by atoms with van der Waals surface area (Å²) >= 11 is 0. The predicted octanol–water partition coefficient (Wildman–Crippen LogP) is 5.46. The fourth-order valence-electron chi connectivity index (χ4n) is 4.30. The largest absolute Gasteiger partial charge is 0.453 e. The highest BCUT2D eigenvalue weighted by Crippen LogP contribution is 2.36. The summed E-state index contributed by atoms with van der Waals surface area (Å²) in [6.07, 6.45) is 10.4. The number of likely N-dealkylation sites (tertiary alicyclic amines) is 1. The third kappa shape index (κ3) is 5.97. The molecule has 0 spiro atoms. The number of rotatable bonds is 7. The number of nitrogens with zero attached hydrogens (tertiary/aromatic N) is 2. The number of nitrogens with one attached hydrogen (secondary N) is 1. The van der Waals surface area contributed by atoms with E-state index in [4.69, 9.17) is 9.73 Å². The lowest BCUT2D eigenvalue weighted by Crippen LogP contribution is -2.47. The van der Waals surface area contributed by atoms with Gasteiger partial charge in [-0.15, -0.1) is 0 Å². The highest BCUT2D eigenvalue weighted by atomic mass is 16.5. The summed E-state index contributed by atoms with van der Waals surface area (Å²) in [4.78, 5) is 19.5. The Kier molecular flexibility index (Phi) is 8.99. The third-order valence-corrected chi connectivity index (χ3v) is 6.21. The van der Waals surface area contributed by atoms with Gasteiger partial charge in [0.1, 0.15) is 0 Å². The minimum Gasteiger partial charge on any atom is -0.453 e. The molecule has 29 heavy (non-hydrogen) atoms. The fraction of sp³-hybridized carbons (Fsp3) is 0.667. The number of carbonyl (C=O) groups excluding carboxylic acids is 1. The second-order valence-corrected chi connectivity index (χ2v) is 8.37. The molecule has 2 atom stereocenters. The van der Waals surface area contributed by atoms with Crippen molar-refractivity contribution in [1.82, 2.24) is 10.2 Å². The zero-order valence-corrected chi connectivity index (χ0v) is 19.0. The van der Waals surface area contributed by atoms with E-state index >= 15 is 0 Å². The fourth-order valence-corrected chi connectivity index (χ4v) is 4.30. The Bertz CT molecular complexity index is 676. The van der Waals surface area contributed by atoms with E-state index in [2.05, 4.69) is 50.6 Å². The van der Waals surface area contributed by atoms with Gasteiger partial charge in [0.25, 0.3) is 0 Å². The third-order valence-electron chi connectivity index (χ3n) is 6.21. The van der Waals surface area contributed by atoms with Crippen LogP contribution in [0, 0.1) is 11.8 Å². The lowest BCUT2D eigenvalue weighted by atomic mass is 9.87. The molecule has 2 rings (SSSR count). The molecule has 2 aliphatic rings. The molecule has 2 heterocycles. The van der Waals surface area contributed by atoms with Crippen LogP contribution in [0.4, 0.5) is 4.79 Å². The average Bonchev–Trinajstić information content (AvgIpc) is 2.74. The van der Waals surface area contributed by atoms with Gasteiger partial charge in [0, 0.05) is 30.4 Å².